The first-order chi connectivity index (χ1) is 9.75. The number of benzene rings is 1. The fourth-order valence-corrected chi connectivity index (χ4v) is 3.17. The lowest BCUT2D eigenvalue weighted by molar-refractivity contribution is 0.0430. The van der Waals surface area contributed by atoms with Gasteiger partial charge in [-0.05, 0) is 24.3 Å². The lowest BCUT2D eigenvalue weighted by atomic mass is 9.85. The van der Waals surface area contributed by atoms with Crippen molar-refractivity contribution in [2.24, 2.45) is 5.92 Å². The highest BCUT2D eigenvalue weighted by molar-refractivity contribution is 5.76. The second-order valence-corrected chi connectivity index (χ2v) is 5.85. The first-order valence-electron chi connectivity index (χ1n) is 7.45. The summed E-state index contributed by atoms with van der Waals surface area (Å²) in [6.45, 7) is 4.50. The summed E-state index contributed by atoms with van der Waals surface area (Å²) in [6, 6.07) is 10.7. The summed E-state index contributed by atoms with van der Waals surface area (Å²) in [6.07, 6.45) is 2.05. The molecule has 3 unspecified atom stereocenters. The van der Waals surface area contributed by atoms with Gasteiger partial charge in [-0.1, -0.05) is 37.3 Å². The summed E-state index contributed by atoms with van der Waals surface area (Å²) in [4.78, 5) is 14.3. The van der Waals surface area contributed by atoms with E-state index in [-0.39, 0.29) is 18.1 Å². The summed E-state index contributed by atoms with van der Waals surface area (Å²) < 4.78 is 5.41. The molecule has 0 spiro atoms. The number of hydrogen-bond acceptors (Lipinski definition) is 2. The molecule has 0 aliphatic carbocycles. The second kappa shape index (κ2) is 5.83. The molecule has 0 radical (unpaired) electrons. The minimum Gasteiger partial charge on any atom is -0.379 e. The summed E-state index contributed by atoms with van der Waals surface area (Å²) in [5, 5.41) is 3.10. The number of likely N-dealkylation sites (tertiary alicyclic amines) is 1. The first-order valence-corrected chi connectivity index (χ1v) is 7.45. The van der Waals surface area contributed by atoms with Crippen LogP contribution in [0.4, 0.5) is 4.79 Å². The molecule has 4 heteroatoms. The van der Waals surface area contributed by atoms with Gasteiger partial charge in [-0.15, -0.1) is 0 Å². The standard InChI is InChI=1S/C16H22N2O2/c1-12-10-18(15(12)13-6-3-2-4-7-13)16(19)17-14-8-5-9-20-11-14/h2-4,6-7,12,14-15H,5,8-11H2,1H3,(H,17,19). The molecule has 20 heavy (non-hydrogen) atoms. The van der Waals surface area contributed by atoms with Gasteiger partial charge in [-0.2, -0.15) is 0 Å². The molecular weight excluding hydrogens is 252 g/mol. The maximum absolute atomic E-state index is 12.4. The lowest BCUT2D eigenvalue weighted by Crippen LogP contribution is -2.57. The van der Waals surface area contributed by atoms with E-state index in [1.54, 1.807) is 0 Å². The van der Waals surface area contributed by atoms with E-state index in [0.717, 1.165) is 26.0 Å². The van der Waals surface area contributed by atoms with E-state index >= 15 is 0 Å². The van der Waals surface area contributed by atoms with Crippen LogP contribution in [0.5, 0.6) is 0 Å². The van der Waals surface area contributed by atoms with Gasteiger partial charge in [-0.25, -0.2) is 4.79 Å². The van der Waals surface area contributed by atoms with Crippen LogP contribution >= 0.6 is 0 Å². The molecule has 2 aliphatic rings. The Bertz CT molecular complexity index is 457. The van der Waals surface area contributed by atoms with E-state index in [4.69, 9.17) is 4.74 Å². The topological polar surface area (TPSA) is 41.6 Å². The molecule has 2 fully saturated rings. The Morgan fingerprint density at radius 1 is 1.35 bits per heavy atom. The Balaban J connectivity index is 1.63. The Labute approximate surface area is 120 Å². The van der Waals surface area contributed by atoms with Gasteiger partial charge in [0.2, 0.25) is 0 Å². The number of rotatable bonds is 2. The van der Waals surface area contributed by atoms with E-state index in [1.165, 1.54) is 5.56 Å². The van der Waals surface area contributed by atoms with Crippen molar-refractivity contribution in [3.05, 3.63) is 35.9 Å². The average Bonchev–Trinajstić information content (AvgIpc) is 2.46. The zero-order chi connectivity index (χ0) is 13.9. The van der Waals surface area contributed by atoms with Gasteiger partial charge in [0.15, 0.2) is 0 Å². The predicted octanol–water partition coefficient (Wildman–Crippen LogP) is 2.57. The average molecular weight is 274 g/mol. The Morgan fingerprint density at radius 3 is 2.80 bits per heavy atom. The second-order valence-electron chi connectivity index (χ2n) is 5.85. The first kappa shape index (κ1) is 13.4. The molecule has 108 valence electrons. The number of hydrogen-bond donors (Lipinski definition) is 1. The van der Waals surface area contributed by atoms with Gasteiger partial charge >= 0.3 is 6.03 Å². The summed E-state index contributed by atoms with van der Waals surface area (Å²) in [5.74, 6) is 0.519. The van der Waals surface area contributed by atoms with Crippen molar-refractivity contribution in [2.45, 2.75) is 31.8 Å². The summed E-state index contributed by atoms with van der Waals surface area (Å²) >= 11 is 0. The summed E-state index contributed by atoms with van der Waals surface area (Å²) in [5.41, 5.74) is 1.22. The van der Waals surface area contributed by atoms with Crippen LogP contribution in [0.3, 0.4) is 0 Å². The molecule has 1 aromatic rings. The number of carbonyl (C=O) groups is 1. The molecule has 0 saturated carbocycles. The predicted molar refractivity (Wildman–Crippen MR) is 77.4 cm³/mol. The van der Waals surface area contributed by atoms with Crippen molar-refractivity contribution in [3.8, 4) is 0 Å². The van der Waals surface area contributed by atoms with Crippen LogP contribution in [0, 0.1) is 5.92 Å². The minimum atomic E-state index is 0.0486. The van der Waals surface area contributed by atoms with Gasteiger partial charge < -0.3 is 15.0 Å². The molecule has 2 aliphatic heterocycles. The van der Waals surface area contributed by atoms with Crippen LogP contribution in [-0.2, 0) is 4.74 Å². The van der Waals surface area contributed by atoms with Gasteiger partial charge in [0.1, 0.15) is 0 Å². The zero-order valence-electron chi connectivity index (χ0n) is 11.9. The van der Waals surface area contributed by atoms with Gasteiger partial charge in [0.05, 0.1) is 18.7 Å². The van der Waals surface area contributed by atoms with Crippen LogP contribution in [0.1, 0.15) is 31.4 Å². The number of nitrogens with zero attached hydrogens (tertiary/aromatic N) is 1. The Morgan fingerprint density at radius 2 is 2.15 bits per heavy atom. The molecule has 3 atom stereocenters. The number of ether oxygens (including phenoxy) is 1. The molecule has 3 rings (SSSR count). The molecule has 2 saturated heterocycles. The van der Waals surface area contributed by atoms with Crippen molar-refractivity contribution in [1.29, 1.82) is 0 Å². The third-order valence-electron chi connectivity index (χ3n) is 4.25. The fourth-order valence-electron chi connectivity index (χ4n) is 3.17. The highest BCUT2D eigenvalue weighted by Gasteiger charge is 2.40. The molecule has 2 heterocycles. The van der Waals surface area contributed by atoms with Gasteiger partial charge in [-0.3, -0.25) is 0 Å². The molecular formula is C16H22N2O2. The van der Waals surface area contributed by atoms with Crippen LogP contribution in [0.25, 0.3) is 0 Å². The SMILES string of the molecule is CC1CN(C(=O)NC2CCCOC2)C1c1ccccc1. The van der Waals surface area contributed by atoms with Crippen molar-refractivity contribution in [2.75, 3.05) is 19.8 Å². The van der Waals surface area contributed by atoms with Crippen molar-refractivity contribution >= 4 is 6.03 Å². The van der Waals surface area contributed by atoms with Gasteiger partial charge in [0, 0.05) is 13.2 Å². The molecule has 1 aromatic carbocycles. The highest BCUT2D eigenvalue weighted by Crippen LogP contribution is 2.38. The van der Waals surface area contributed by atoms with Crippen molar-refractivity contribution in [1.82, 2.24) is 10.2 Å². The van der Waals surface area contributed by atoms with Crippen molar-refractivity contribution < 1.29 is 9.53 Å². The normalized spacial score (nSPS) is 29.6. The fraction of sp³-hybridized carbons (Fsp3) is 0.562. The Kier molecular flexibility index (Phi) is 3.92. The van der Waals surface area contributed by atoms with Crippen LogP contribution in [0.2, 0.25) is 0 Å². The number of carbonyl (C=O) groups excluding carboxylic acids is 1. The number of nitrogens with one attached hydrogen (secondary N) is 1. The summed E-state index contributed by atoms with van der Waals surface area (Å²) in [7, 11) is 0. The van der Waals surface area contributed by atoms with Gasteiger partial charge in [0.25, 0.3) is 0 Å². The third-order valence-corrected chi connectivity index (χ3v) is 4.25. The zero-order valence-corrected chi connectivity index (χ0v) is 11.9. The van der Waals surface area contributed by atoms with Crippen LogP contribution < -0.4 is 5.32 Å². The smallest absolute Gasteiger partial charge is 0.318 e. The minimum absolute atomic E-state index is 0.0486. The Hall–Kier alpha value is -1.55. The largest absolute Gasteiger partial charge is 0.379 e. The number of amides is 2. The lowest BCUT2D eigenvalue weighted by Gasteiger charge is -2.47. The van der Waals surface area contributed by atoms with E-state index in [2.05, 4.69) is 24.4 Å². The van der Waals surface area contributed by atoms with E-state index < -0.39 is 0 Å². The van der Waals surface area contributed by atoms with E-state index in [1.807, 2.05) is 23.1 Å². The molecule has 4 nitrogen and oxygen atoms in total. The van der Waals surface area contributed by atoms with E-state index in [0.29, 0.717) is 12.5 Å². The van der Waals surface area contributed by atoms with Crippen molar-refractivity contribution in [3.63, 3.8) is 0 Å². The monoisotopic (exact) mass is 274 g/mol. The van der Waals surface area contributed by atoms with E-state index in [9.17, 15) is 4.79 Å². The van der Waals surface area contributed by atoms with Crippen LogP contribution in [0.15, 0.2) is 30.3 Å². The molecule has 2 amide bonds. The molecule has 1 N–H and O–H groups in total. The highest BCUT2D eigenvalue weighted by atomic mass is 16.5. The maximum Gasteiger partial charge on any atom is 0.318 e. The third kappa shape index (κ3) is 2.66. The maximum atomic E-state index is 12.4. The molecule has 0 bridgehead atoms. The van der Waals surface area contributed by atoms with Crippen LogP contribution in [-0.4, -0.2) is 36.7 Å². The molecule has 0 aromatic heterocycles. The quantitative estimate of drug-likeness (QED) is 0.900. The number of urea groups is 1.